The van der Waals surface area contributed by atoms with Crippen molar-refractivity contribution < 1.29 is 4.79 Å². The number of carbonyl (C=O) groups excluding carboxylic acids is 1. The highest BCUT2D eigenvalue weighted by Gasteiger charge is 2.25. The second kappa shape index (κ2) is 7.78. The molecule has 0 bridgehead atoms. The molecule has 0 unspecified atom stereocenters. The van der Waals surface area contributed by atoms with Crippen LogP contribution in [0.25, 0.3) is 0 Å². The van der Waals surface area contributed by atoms with Crippen LogP contribution in [0.3, 0.4) is 0 Å². The Labute approximate surface area is 113 Å². The van der Waals surface area contributed by atoms with Crippen LogP contribution in [0, 0.1) is 10.8 Å². The smallest absolute Gasteiger partial charge is 0.221 e. The minimum atomic E-state index is 0.153. The Morgan fingerprint density at radius 1 is 1.06 bits per heavy atom. The number of hydrogen-bond donors (Lipinski definition) is 2. The van der Waals surface area contributed by atoms with Crippen LogP contribution in [0.15, 0.2) is 0 Å². The molecule has 0 aliphatic carbocycles. The van der Waals surface area contributed by atoms with Gasteiger partial charge in [-0.3, -0.25) is 4.79 Å². The molecule has 0 saturated carbocycles. The van der Waals surface area contributed by atoms with Gasteiger partial charge in [0.1, 0.15) is 0 Å². The Balaban J connectivity index is 3.83. The molecule has 3 heteroatoms. The van der Waals surface area contributed by atoms with Crippen molar-refractivity contribution in [1.29, 1.82) is 0 Å². The van der Waals surface area contributed by atoms with Gasteiger partial charge in [-0.15, -0.1) is 0 Å². The lowest BCUT2D eigenvalue weighted by molar-refractivity contribution is -0.121. The van der Waals surface area contributed by atoms with E-state index >= 15 is 0 Å². The second-order valence-corrected chi connectivity index (χ2v) is 7.18. The van der Waals surface area contributed by atoms with E-state index in [1.165, 1.54) is 0 Å². The highest BCUT2D eigenvalue weighted by molar-refractivity contribution is 5.76. The van der Waals surface area contributed by atoms with E-state index in [-0.39, 0.29) is 11.3 Å². The Hall–Kier alpha value is -0.570. The Morgan fingerprint density at radius 3 is 2.17 bits per heavy atom. The van der Waals surface area contributed by atoms with Gasteiger partial charge in [0.2, 0.25) is 5.91 Å². The number of carbonyl (C=O) groups is 1. The van der Waals surface area contributed by atoms with Gasteiger partial charge in [-0.05, 0) is 30.2 Å². The van der Waals surface area contributed by atoms with Crippen molar-refractivity contribution in [3.05, 3.63) is 0 Å². The zero-order valence-electron chi connectivity index (χ0n) is 13.2. The topological polar surface area (TPSA) is 41.1 Å². The molecule has 18 heavy (non-hydrogen) atoms. The average Bonchev–Trinajstić information content (AvgIpc) is 2.18. The number of amides is 1. The molecule has 0 aliphatic heterocycles. The molecule has 3 nitrogen and oxygen atoms in total. The predicted octanol–water partition coefficient (Wildman–Crippen LogP) is 2.95. The molecule has 0 saturated heterocycles. The molecule has 0 fully saturated rings. The van der Waals surface area contributed by atoms with Crippen LogP contribution in [-0.4, -0.2) is 25.5 Å². The largest absolute Gasteiger partial charge is 0.356 e. The summed E-state index contributed by atoms with van der Waals surface area (Å²) in [5, 5.41) is 6.28. The maximum atomic E-state index is 11.7. The Bertz CT molecular complexity index is 241. The summed E-state index contributed by atoms with van der Waals surface area (Å²) in [6.07, 6.45) is 2.79. The molecule has 0 heterocycles. The molecule has 1 amide bonds. The van der Waals surface area contributed by atoms with Crippen molar-refractivity contribution in [2.45, 2.75) is 60.8 Å². The lowest BCUT2D eigenvalue weighted by Crippen LogP contribution is -2.37. The van der Waals surface area contributed by atoms with Crippen molar-refractivity contribution in [1.82, 2.24) is 10.6 Å². The molecule has 0 aliphatic rings. The molecule has 0 rings (SSSR count). The van der Waals surface area contributed by atoms with Crippen molar-refractivity contribution >= 4 is 5.91 Å². The number of nitrogens with one attached hydrogen (secondary N) is 2. The van der Waals surface area contributed by atoms with Crippen molar-refractivity contribution in [2.75, 3.05) is 19.6 Å². The number of hydrogen-bond acceptors (Lipinski definition) is 2. The molecule has 2 N–H and O–H groups in total. The quantitative estimate of drug-likeness (QED) is 0.656. The fraction of sp³-hybridized carbons (Fsp3) is 0.933. The van der Waals surface area contributed by atoms with Gasteiger partial charge in [-0.25, -0.2) is 0 Å². The summed E-state index contributed by atoms with van der Waals surface area (Å²) in [4.78, 5) is 11.7. The lowest BCUT2D eigenvalue weighted by atomic mass is 9.76. The van der Waals surface area contributed by atoms with E-state index in [1.807, 2.05) is 0 Å². The third-order valence-electron chi connectivity index (χ3n) is 2.73. The van der Waals surface area contributed by atoms with Crippen LogP contribution in [0.1, 0.15) is 60.8 Å². The molecular formula is C15H32N2O. The van der Waals surface area contributed by atoms with E-state index < -0.39 is 0 Å². The Kier molecular flexibility index (Phi) is 7.53. The molecule has 0 spiro atoms. The SMILES string of the molecule is CCCNCCC(=O)NCC(C)(C)CC(C)(C)C. The second-order valence-electron chi connectivity index (χ2n) is 7.18. The van der Waals surface area contributed by atoms with E-state index in [2.05, 4.69) is 52.2 Å². The van der Waals surface area contributed by atoms with Crippen LogP contribution in [0.2, 0.25) is 0 Å². The first-order valence-electron chi connectivity index (χ1n) is 7.14. The van der Waals surface area contributed by atoms with Gasteiger partial charge >= 0.3 is 0 Å². The third kappa shape index (κ3) is 10.6. The summed E-state index contributed by atoms with van der Waals surface area (Å²) >= 11 is 0. The van der Waals surface area contributed by atoms with E-state index in [4.69, 9.17) is 0 Å². The first-order valence-corrected chi connectivity index (χ1v) is 7.14. The van der Waals surface area contributed by atoms with Gasteiger partial charge in [0.05, 0.1) is 0 Å². The fourth-order valence-electron chi connectivity index (χ4n) is 2.43. The van der Waals surface area contributed by atoms with Gasteiger partial charge in [0, 0.05) is 19.5 Å². The summed E-state index contributed by atoms with van der Waals surface area (Å²) in [5.41, 5.74) is 0.460. The summed E-state index contributed by atoms with van der Waals surface area (Å²) in [7, 11) is 0. The fourth-order valence-corrected chi connectivity index (χ4v) is 2.43. The summed E-state index contributed by atoms with van der Waals surface area (Å²) in [6, 6.07) is 0. The summed E-state index contributed by atoms with van der Waals surface area (Å²) in [5.74, 6) is 0.153. The van der Waals surface area contributed by atoms with Gasteiger partial charge in [0.15, 0.2) is 0 Å². The van der Waals surface area contributed by atoms with Crippen LogP contribution >= 0.6 is 0 Å². The Morgan fingerprint density at radius 2 is 1.67 bits per heavy atom. The number of rotatable bonds is 8. The average molecular weight is 256 g/mol. The first-order chi connectivity index (χ1) is 8.16. The molecule has 0 radical (unpaired) electrons. The van der Waals surface area contributed by atoms with E-state index in [1.54, 1.807) is 0 Å². The maximum absolute atomic E-state index is 11.7. The van der Waals surface area contributed by atoms with Crippen LogP contribution < -0.4 is 10.6 Å². The highest BCUT2D eigenvalue weighted by Crippen LogP contribution is 2.32. The summed E-state index contributed by atoms with van der Waals surface area (Å²) in [6.45, 7) is 15.8. The van der Waals surface area contributed by atoms with Crippen LogP contribution in [0.4, 0.5) is 0 Å². The molecule has 0 aromatic carbocycles. The molecule has 0 aromatic rings. The van der Waals surface area contributed by atoms with Gasteiger partial charge in [-0.2, -0.15) is 0 Å². The van der Waals surface area contributed by atoms with Crippen LogP contribution in [0.5, 0.6) is 0 Å². The lowest BCUT2D eigenvalue weighted by Gasteiger charge is -2.32. The normalized spacial score (nSPS) is 12.6. The summed E-state index contributed by atoms with van der Waals surface area (Å²) < 4.78 is 0. The van der Waals surface area contributed by atoms with E-state index in [0.717, 1.165) is 32.5 Å². The maximum Gasteiger partial charge on any atom is 0.221 e. The molecular weight excluding hydrogens is 224 g/mol. The van der Waals surface area contributed by atoms with Crippen LogP contribution in [-0.2, 0) is 4.79 Å². The van der Waals surface area contributed by atoms with Crippen molar-refractivity contribution in [3.63, 3.8) is 0 Å². The molecule has 0 atom stereocenters. The minimum absolute atomic E-state index is 0.153. The first kappa shape index (κ1) is 17.4. The third-order valence-corrected chi connectivity index (χ3v) is 2.73. The monoisotopic (exact) mass is 256 g/mol. The van der Waals surface area contributed by atoms with E-state index in [9.17, 15) is 4.79 Å². The van der Waals surface area contributed by atoms with Crippen molar-refractivity contribution in [2.24, 2.45) is 10.8 Å². The zero-order chi connectivity index (χ0) is 14.2. The van der Waals surface area contributed by atoms with Crippen molar-refractivity contribution in [3.8, 4) is 0 Å². The van der Waals surface area contributed by atoms with Gasteiger partial charge in [0.25, 0.3) is 0 Å². The highest BCUT2D eigenvalue weighted by atomic mass is 16.1. The van der Waals surface area contributed by atoms with Gasteiger partial charge < -0.3 is 10.6 Å². The molecule has 108 valence electrons. The zero-order valence-corrected chi connectivity index (χ0v) is 13.2. The van der Waals surface area contributed by atoms with E-state index in [0.29, 0.717) is 11.8 Å². The standard InChI is InChI=1S/C15H32N2O/c1-7-9-16-10-8-13(18)17-12-15(5,6)11-14(2,3)4/h16H,7-12H2,1-6H3,(H,17,18). The van der Waals surface area contributed by atoms with Gasteiger partial charge in [-0.1, -0.05) is 41.5 Å². The minimum Gasteiger partial charge on any atom is -0.356 e. The molecule has 0 aromatic heterocycles. The predicted molar refractivity (Wildman–Crippen MR) is 78.6 cm³/mol.